The van der Waals surface area contributed by atoms with Gasteiger partial charge in [0.15, 0.2) is 0 Å². The predicted molar refractivity (Wildman–Crippen MR) is 94.5 cm³/mol. The number of benzene rings is 1. The molecule has 1 aliphatic heterocycles. The summed E-state index contributed by atoms with van der Waals surface area (Å²) < 4.78 is 16.2. The number of hydrogen-bond donors (Lipinski definition) is 0. The van der Waals surface area contributed by atoms with Crippen LogP contribution in [0.1, 0.15) is 12.8 Å². The highest BCUT2D eigenvalue weighted by atomic mass is 16.5. The molecule has 0 bridgehead atoms. The zero-order chi connectivity index (χ0) is 17.6. The number of piperazine rings is 1. The molecule has 136 valence electrons. The fourth-order valence-corrected chi connectivity index (χ4v) is 3.11. The van der Waals surface area contributed by atoms with Crippen LogP contribution in [0.3, 0.4) is 0 Å². The van der Waals surface area contributed by atoms with Gasteiger partial charge in [0.2, 0.25) is 11.8 Å². The van der Waals surface area contributed by atoms with Crippen LogP contribution in [0, 0.1) is 0 Å². The van der Waals surface area contributed by atoms with Crippen LogP contribution in [-0.2, 0) is 11.3 Å². The minimum Gasteiger partial charge on any atom is -0.497 e. The van der Waals surface area contributed by atoms with Gasteiger partial charge in [-0.3, -0.25) is 9.80 Å². The standard InChI is InChI=1S/C18H26N4O3/c1-14-12-21(8-9-22(14)10-11-23-2)13-17-19-20-18(25-17)15-4-6-16(24-3)7-5-15/h4-7,14H,8-13H2,1-3H3. The van der Waals surface area contributed by atoms with Crippen LogP contribution >= 0.6 is 0 Å². The SMILES string of the molecule is COCCN1CCN(Cc2nnc(-c3ccc(OC)cc3)o2)CC1C. The van der Waals surface area contributed by atoms with E-state index < -0.39 is 0 Å². The molecule has 1 unspecified atom stereocenters. The number of aromatic nitrogens is 2. The highest BCUT2D eigenvalue weighted by molar-refractivity contribution is 5.53. The second kappa shape index (κ2) is 8.42. The van der Waals surface area contributed by atoms with Crippen molar-refractivity contribution < 1.29 is 13.9 Å². The molecule has 1 aromatic heterocycles. The highest BCUT2D eigenvalue weighted by Crippen LogP contribution is 2.22. The van der Waals surface area contributed by atoms with Crippen molar-refractivity contribution >= 4 is 0 Å². The monoisotopic (exact) mass is 346 g/mol. The van der Waals surface area contributed by atoms with Crippen molar-refractivity contribution in [3.05, 3.63) is 30.2 Å². The molecular formula is C18H26N4O3. The smallest absolute Gasteiger partial charge is 0.247 e. The molecule has 1 saturated heterocycles. The van der Waals surface area contributed by atoms with Gasteiger partial charge in [-0.2, -0.15) is 0 Å². The first-order valence-corrected chi connectivity index (χ1v) is 8.61. The maximum Gasteiger partial charge on any atom is 0.247 e. The molecule has 7 heteroatoms. The Labute approximate surface area is 148 Å². The normalized spacial score (nSPS) is 19.2. The van der Waals surface area contributed by atoms with Crippen molar-refractivity contribution in [2.45, 2.75) is 19.5 Å². The molecule has 0 spiro atoms. The van der Waals surface area contributed by atoms with Gasteiger partial charge in [0.05, 0.1) is 20.3 Å². The average Bonchev–Trinajstić information content (AvgIpc) is 3.09. The lowest BCUT2D eigenvalue weighted by Crippen LogP contribution is -2.52. The molecule has 0 N–H and O–H groups in total. The third-order valence-corrected chi connectivity index (χ3v) is 4.59. The lowest BCUT2D eigenvalue weighted by atomic mass is 10.2. The molecule has 1 fully saturated rings. The molecule has 1 atom stereocenters. The summed E-state index contributed by atoms with van der Waals surface area (Å²) in [5, 5.41) is 8.37. The van der Waals surface area contributed by atoms with Gasteiger partial charge in [-0.15, -0.1) is 10.2 Å². The van der Waals surface area contributed by atoms with Crippen LogP contribution in [0.5, 0.6) is 5.75 Å². The lowest BCUT2D eigenvalue weighted by molar-refractivity contribution is 0.0522. The van der Waals surface area contributed by atoms with Crippen molar-refractivity contribution in [2.24, 2.45) is 0 Å². The van der Waals surface area contributed by atoms with Crippen molar-refractivity contribution in [3.8, 4) is 17.2 Å². The zero-order valence-corrected chi connectivity index (χ0v) is 15.1. The Hall–Kier alpha value is -1.96. The minimum absolute atomic E-state index is 0.493. The van der Waals surface area contributed by atoms with E-state index in [-0.39, 0.29) is 0 Å². The lowest BCUT2D eigenvalue weighted by Gasteiger charge is -2.39. The highest BCUT2D eigenvalue weighted by Gasteiger charge is 2.24. The van der Waals surface area contributed by atoms with Gasteiger partial charge in [0.1, 0.15) is 5.75 Å². The molecule has 1 aromatic carbocycles. The third kappa shape index (κ3) is 4.56. The molecule has 7 nitrogen and oxygen atoms in total. The van der Waals surface area contributed by atoms with Gasteiger partial charge in [-0.05, 0) is 31.2 Å². The Bertz CT molecular complexity index is 659. The van der Waals surface area contributed by atoms with E-state index in [0.717, 1.165) is 44.1 Å². The molecule has 2 heterocycles. The quantitative estimate of drug-likeness (QED) is 0.758. The van der Waals surface area contributed by atoms with Gasteiger partial charge >= 0.3 is 0 Å². The maximum absolute atomic E-state index is 5.83. The maximum atomic E-state index is 5.83. The van der Waals surface area contributed by atoms with Crippen LogP contribution in [0.2, 0.25) is 0 Å². The fourth-order valence-electron chi connectivity index (χ4n) is 3.11. The third-order valence-electron chi connectivity index (χ3n) is 4.59. The minimum atomic E-state index is 0.493. The molecule has 1 aliphatic rings. The van der Waals surface area contributed by atoms with Gasteiger partial charge in [0.25, 0.3) is 0 Å². The summed E-state index contributed by atoms with van der Waals surface area (Å²) >= 11 is 0. The van der Waals surface area contributed by atoms with E-state index in [2.05, 4.69) is 26.9 Å². The summed E-state index contributed by atoms with van der Waals surface area (Å²) in [6, 6.07) is 8.12. The Morgan fingerprint density at radius 2 is 1.96 bits per heavy atom. The Balaban J connectivity index is 1.56. The largest absolute Gasteiger partial charge is 0.497 e. The van der Waals surface area contributed by atoms with E-state index in [4.69, 9.17) is 13.9 Å². The summed E-state index contributed by atoms with van der Waals surface area (Å²) in [5.74, 6) is 2.01. The molecule has 0 radical (unpaired) electrons. The Kier molecular flexibility index (Phi) is 6.01. The number of ether oxygens (including phenoxy) is 2. The van der Waals surface area contributed by atoms with E-state index in [1.54, 1.807) is 14.2 Å². The Morgan fingerprint density at radius 1 is 1.16 bits per heavy atom. The van der Waals surface area contributed by atoms with E-state index in [1.165, 1.54) is 0 Å². The summed E-state index contributed by atoms with van der Waals surface area (Å²) in [7, 11) is 3.40. The van der Waals surface area contributed by atoms with Gasteiger partial charge in [-0.1, -0.05) is 0 Å². The number of rotatable bonds is 7. The number of methoxy groups -OCH3 is 2. The second-order valence-electron chi connectivity index (χ2n) is 6.34. The molecule has 0 saturated carbocycles. The number of nitrogens with zero attached hydrogens (tertiary/aromatic N) is 4. The summed E-state index contributed by atoms with van der Waals surface area (Å²) in [6.45, 7) is 7.71. The zero-order valence-electron chi connectivity index (χ0n) is 15.1. The van der Waals surface area contributed by atoms with Crippen LogP contribution in [-0.4, -0.2) is 73.0 Å². The van der Waals surface area contributed by atoms with Crippen LogP contribution in [0.25, 0.3) is 11.5 Å². The number of hydrogen-bond acceptors (Lipinski definition) is 7. The molecular weight excluding hydrogens is 320 g/mol. The van der Waals surface area contributed by atoms with Crippen molar-refractivity contribution in [2.75, 3.05) is 47.0 Å². The summed E-state index contributed by atoms with van der Waals surface area (Å²) in [6.07, 6.45) is 0. The average molecular weight is 346 g/mol. The van der Waals surface area contributed by atoms with Gasteiger partial charge in [-0.25, -0.2) is 0 Å². The van der Waals surface area contributed by atoms with Crippen molar-refractivity contribution in [1.82, 2.24) is 20.0 Å². The molecule has 25 heavy (non-hydrogen) atoms. The van der Waals surface area contributed by atoms with Crippen molar-refractivity contribution in [1.29, 1.82) is 0 Å². The topological polar surface area (TPSA) is 63.9 Å². The van der Waals surface area contributed by atoms with E-state index >= 15 is 0 Å². The first-order valence-electron chi connectivity index (χ1n) is 8.61. The molecule has 3 rings (SSSR count). The van der Waals surface area contributed by atoms with E-state index in [1.807, 2.05) is 24.3 Å². The van der Waals surface area contributed by atoms with E-state index in [9.17, 15) is 0 Å². The summed E-state index contributed by atoms with van der Waals surface area (Å²) in [4.78, 5) is 4.82. The van der Waals surface area contributed by atoms with Gasteiger partial charge < -0.3 is 13.9 Å². The predicted octanol–water partition coefficient (Wildman–Crippen LogP) is 1.90. The van der Waals surface area contributed by atoms with Crippen molar-refractivity contribution in [3.63, 3.8) is 0 Å². The second-order valence-corrected chi connectivity index (χ2v) is 6.34. The molecule has 2 aromatic rings. The first-order chi connectivity index (χ1) is 12.2. The van der Waals surface area contributed by atoms with Gasteiger partial charge in [0, 0.05) is 44.9 Å². The molecule has 0 aliphatic carbocycles. The Morgan fingerprint density at radius 3 is 2.64 bits per heavy atom. The van der Waals surface area contributed by atoms with Crippen LogP contribution < -0.4 is 4.74 Å². The summed E-state index contributed by atoms with van der Waals surface area (Å²) in [5.41, 5.74) is 0.900. The fraction of sp³-hybridized carbons (Fsp3) is 0.556. The van der Waals surface area contributed by atoms with E-state index in [0.29, 0.717) is 24.4 Å². The first kappa shape index (κ1) is 17.8. The van der Waals surface area contributed by atoms with Crippen LogP contribution in [0.15, 0.2) is 28.7 Å². The molecule has 0 amide bonds. The van der Waals surface area contributed by atoms with Crippen LogP contribution in [0.4, 0.5) is 0 Å².